The molecule has 1 heterocycles. The van der Waals surface area contributed by atoms with Gasteiger partial charge in [0.1, 0.15) is 6.54 Å². The van der Waals surface area contributed by atoms with Gasteiger partial charge in [0.25, 0.3) is 0 Å². The number of nitrogens with zero attached hydrogens (tertiary/aromatic N) is 1. The molecule has 0 bridgehead atoms. The van der Waals surface area contributed by atoms with E-state index >= 15 is 0 Å². The molecule has 6 nitrogen and oxygen atoms in total. The first kappa shape index (κ1) is 20.8. The lowest BCUT2D eigenvalue weighted by Crippen LogP contribution is -2.16. The number of aliphatic imine (C=N–C) groups is 1. The molecule has 0 radical (unpaired) electrons. The number of fused-ring (bicyclic) bond motifs is 1. The van der Waals surface area contributed by atoms with E-state index in [0.717, 1.165) is 20.5 Å². The summed E-state index contributed by atoms with van der Waals surface area (Å²) in [6.45, 7) is 0.00338. The summed E-state index contributed by atoms with van der Waals surface area (Å²) in [5, 5.41) is 1.10. The molecular formula is C22H23NO5S. The van der Waals surface area contributed by atoms with E-state index in [1.165, 1.54) is 7.11 Å². The van der Waals surface area contributed by atoms with Crippen molar-refractivity contribution in [1.82, 2.24) is 0 Å². The van der Waals surface area contributed by atoms with Gasteiger partial charge in [-0.15, -0.1) is 11.3 Å². The lowest BCUT2D eigenvalue weighted by atomic mass is 10.1. The van der Waals surface area contributed by atoms with Crippen molar-refractivity contribution in [3.8, 4) is 17.2 Å². The number of Topliss-reactive ketones (excluding diaryl/α,β-unsaturated/α-hetero) is 1. The van der Waals surface area contributed by atoms with E-state index in [1.54, 1.807) is 51.0 Å². The smallest absolute Gasteiger partial charge is 0.203 e. The third-order valence-electron chi connectivity index (χ3n) is 4.41. The number of carbonyl (C=O) groups excluding carboxylic acids is 1. The molecule has 0 aliphatic rings. The van der Waals surface area contributed by atoms with E-state index in [4.69, 9.17) is 18.9 Å². The van der Waals surface area contributed by atoms with E-state index in [-0.39, 0.29) is 12.3 Å². The van der Waals surface area contributed by atoms with Crippen molar-refractivity contribution < 1.29 is 23.7 Å². The van der Waals surface area contributed by atoms with Gasteiger partial charge < -0.3 is 18.9 Å². The van der Waals surface area contributed by atoms with E-state index in [1.807, 2.05) is 30.3 Å². The van der Waals surface area contributed by atoms with Gasteiger partial charge in [-0.3, -0.25) is 9.79 Å². The molecule has 3 rings (SSSR count). The first-order chi connectivity index (χ1) is 14.1. The summed E-state index contributed by atoms with van der Waals surface area (Å²) in [4.78, 5) is 17.9. The van der Waals surface area contributed by atoms with Crippen molar-refractivity contribution in [3.05, 3.63) is 52.9 Å². The van der Waals surface area contributed by atoms with Gasteiger partial charge in [0.15, 0.2) is 23.4 Å². The molecule has 0 spiro atoms. The number of carbonyl (C=O) groups is 1. The summed E-state index contributed by atoms with van der Waals surface area (Å²) in [6, 6.07) is 13.6. The fourth-order valence-corrected chi connectivity index (χ4v) is 4.20. The minimum absolute atomic E-state index is 0.00338. The molecule has 0 aliphatic carbocycles. The quantitative estimate of drug-likeness (QED) is 0.489. The lowest BCUT2D eigenvalue weighted by Gasteiger charge is -2.13. The molecule has 0 amide bonds. The molecule has 1 atom stereocenters. The number of ketones is 1. The van der Waals surface area contributed by atoms with Crippen LogP contribution in [0.2, 0.25) is 0 Å². The molecule has 3 aromatic rings. The molecular weight excluding hydrogens is 390 g/mol. The maximum atomic E-state index is 12.7. The summed E-state index contributed by atoms with van der Waals surface area (Å²) in [5.74, 6) is 1.45. The Morgan fingerprint density at radius 3 is 2.31 bits per heavy atom. The normalized spacial score (nSPS) is 12.3. The molecule has 152 valence electrons. The maximum Gasteiger partial charge on any atom is 0.203 e. The fourth-order valence-electron chi connectivity index (χ4n) is 3.04. The van der Waals surface area contributed by atoms with Gasteiger partial charge in [0.05, 0.1) is 21.3 Å². The monoisotopic (exact) mass is 413 g/mol. The number of benzene rings is 2. The molecule has 0 saturated carbocycles. The summed E-state index contributed by atoms with van der Waals surface area (Å²) < 4.78 is 22.6. The zero-order chi connectivity index (χ0) is 20.8. The van der Waals surface area contributed by atoms with E-state index in [2.05, 4.69) is 4.99 Å². The highest BCUT2D eigenvalue weighted by atomic mass is 32.1. The highest BCUT2D eigenvalue weighted by molar-refractivity contribution is 7.19. The standard InChI is InChI=1S/C22H23NO5S/c1-25-17-9-14(10-18(26-2)22(17)28-4)12-23-13-16(24)21(27-3)20-11-15-7-5-6-8-19(15)29-20/h5-12,21H,13H2,1-4H3. The molecule has 2 aromatic carbocycles. The Morgan fingerprint density at radius 2 is 1.72 bits per heavy atom. The van der Waals surface area contributed by atoms with Crippen molar-refractivity contribution in [2.24, 2.45) is 4.99 Å². The Hall–Kier alpha value is -2.90. The largest absolute Gasteiger partial charge is 0.493 e. The predicted molar refractivity (Wildman–Crippen MR) is 115 cm³/mol. The Labute approximate surface area is 173 Å². The fraction of sp³-hybridized carbons (Fsp3) is 0.273. The van der Waals surface area contributed by atoms with E-state index in [0.29, 0.717) is 17.2 Å². The second-order valence-electron chi connectivity index (χ2n) is 6.20. The zero-order valence-corrected chi connectivity index (χ0v) is 17.6. The minimum Gasteiger partial charge on any atom is -0.493 e. The third-order valence-corrected chi connectivity index (χ3v) is 5.56. The predicted octanol–water partition coefficient (Wildman–Crippen LogP) is 4.30. The molecule has 29 heavy (non-hydrogen) atoms. The number of hydrogen-bond donors (Lipinski definition) is 0. The van der Waals surface area contributed by atoms with E-state index in [9.17, 15) is 4.79 Å². The SMILES string of the molecule is COc1cc(C=NCC(=O)C(OC)c2cc3ccccc3s2)cc(OC)c1OC. The summed E-state index contributed by atoms with van der Waals surface area (Å²) in [6.07, 6.45) is 0.976. The van der Waals surface area contributed by atoms with Gasteiger partial charge in [-0.25, -0.2) is 0 Å². The summed E-state index contributed by atoms with van der Waals surface area (Å²) in [7, 11) is 6.19. The Morgan fingerprint density at radius 1 is 1.03 bits per heavy atom. The topological polar surface area (TPSA) is 66.4 Å². The van der Waals surface area contributed by atoms with Gasteiger partial charge in [-0.05, 0) is 35.2 Å². The average molecular weight is 413 g/mol. The van der Waals surface area contributed by atoms with Crippen molar-refractivity contribution in [2.75, 3.05) is 35.0 Å². The van der Waals surface area contributed by atoms with Crippen LogP contribution in [0.25, 0.3) is 10.1 Å². The zero-order valence-electron chi connectivity index (χ0n) is 16.8. The molecule has 1 unspecified atom stereocenters. The summed E-state index contributed by atoms with van der Waals surface area (Å²) >= 11 is 1.56. The first-order valence-corrected chi connectivity index (χ1v) is 9.76. The van der Waals surface area contributed by atoms with Gasteiger partial charge in [0, 0.05) is 22.9 Å². The van der Waals surface area contributed by atoms with Crippen LogP contribution < -0.4 is 14.2 Å². The third kappa shape index (κ3) is 4.58. The molecule has 7 heteroatoms. The van der Waals surface area contributed by atoms with E-state index < -0.39 is 6.10 Å². The highest BCUT2D eigenvalue weighted by Gasteiger charge is 2.21. The molecule has 0 saturated heterocycles. The van der Waals surface area contributed by atoms with Crippen LogP contribution in [0.1, 0.15) is 16.5 Å². The number of thiophene rings is 1. The average Bonchev–Trinajstić information content (AvgIpc) is 3.17. The van der Waals surface area contributed by atoms with Crippen molar-refractivity contribution >= 4 is 33.4 Å². The van der Waals surface area contributed by atoms with Crippen LogP contribution in [0.4, 0.5) is 0 Å². The number of rotatable bonds is 9. The van der Waals surface area contributed by atoms with Gasteiger partial charge in [-0.2, -0.15) is 0 Å². The van der Waals surface area contributed by atoms with Crippen molar-refractivity contribution in [1.29, 1.82) is 0 Å². The maximum absolute atomic E-state index is 12.7. The van der Waals surface area contributed by atoms with Crippen LogP contribution in [0.15, 0.2) is 47.5 Å². The Kier molecular flexibility index (Phi) is 6.85. The van der Waals surface area contributed by atoms with Crippen molar-refractivity contribution in [2.45, 2.75) is 6.10 Å². The van der Waals surface area contributed by atoms with Crippen LogP contribution in [0.3, 0.4) is 0 Å². The van der Waals surface area contributed by atoms with Gasteiger partial charge in [-0.1, -0.05) is 18.2 Å². The molecule has 0 N–H and O–H groups in total. The lowest BCUT2D eigenvalue weighted by molar-refractivity contribution is -0.127. The van der Waals surface area contributed by atoms with Crippen LogP contribution in [-0.2, 0) is 9.53 Å². The molecule has 1 aromatic heterocycles. The van der Waals surface area contributed by atoms with Crippen LogP contribution in [0.5, 0.6) is 17.2 Å². The van der Waals surface area contributed by atoms with Crippen LogP contribution in [-0.4, -0.2) is 47.0 Å². The van der Waals surface area contributed by atoms with Crippen molar-refractivity contribution in [3.63, 3.8) is 0 Å². The Balaban J connectivity index is 1.75. The number of ether oxygens (including phenoxy) is 4. The van der Waals surface area contributed by atoms with Gasteiger partial charge in [0.2, 0.25) is 5.75 Å². The second-order valence-corrected chi connectivity index (χ2v) is 7.31. The molecule has 0 aliphatic heterocycles. The van der Waals surface area contributed by atoms with Gasteiger partial charge >= 0.3 is 0 Å². The second kappa shape index (κ2) is 9.54. The molecule has 0 fully saturated rings. The first-order valence-electron chi connectivity index (χ1n) is 8.95. The van der Waals surface area contributed by atoms with Crippen LogP contribution in [0, 0.1) is 0 Å². The number of methoxy groups -OCH3 is 4. The Bertz CT molecular complexity index is 969. The summed E-state index contributed by atoms with van der Waals surface area (Å²) in [5.41, 5.74) is 0.739. The highest BCUT2D eigenvalue weighted by Crippen LogP contribution is 2.37. The number of hydrogen-bond acceptors (Lipinski definition) is 7. The van der Waals surface area contributed by atoms with Crippen LogP contribution >= 0.6 is 11.3 Å². The minimum atomic E-state index is -0.635.